The first-order valence-corrected chi connectivity index (χ1v) is 4.92. The van der Waals surface area contributed by atoms with Crippen LogP contribution in [0.5, 0.6) is 0 Å². The van der Waals surface area contributed by atoms with Crippen LogP contribution in [-0.4, -0.2) is 18.2 Å². The molecule has 0 saturated carbocycles. The second-order valence-electron chi connectivity index (χ2n) is 2.27. The SMILES string of the molecule is Cn1ncc(CS(=O)(=O)F)c1Cl. The van der Waals surface area contributed by atoms with Gasteiger partial charge in [-0.1, -0.05) is 11.6 Å². The third-order valence-corrected chi connectivity index (χ3v) is 2.41. The van der Waals surface area contributed by atoms with E-state index in [0.29, 0.717) is 0 Å². The van der Waals surface area contributed by atoms with E-state index >= 15 is 0 Å². The fourth-order valence-electron chi connectivity index (χ4n) is 0.751. The molecule has 1 rings (SSSR count). The van der Waals surface area contributed by atoms with E-state index in [1.807, 2.05) is 0 Å². The standard InChI is InChI=1S/C5H6ClFN2O2S/c1-9-5(6)4(2-8-9)3-12(7,10)11/h2H,3H2,1H3. The lowest BCUT2D eigenvalue weighted by Crippen LogP contribution is -1.96. The summed E-state index contributed by atoms with van der Waals surface area (Å²) in [5.74, 6) is -0.723. The Balaban J connectivity index is 2.99. The molecular formula is C5H6ClFN2O2S. The average molecular weight is 213 g/mol. The quantitative estimate of drug-likeness (QED) is 0.684. The molecule has 0 saturated heterocycles. The Hall–Kier alpha value is -0.620. The van der Waals surface area contributed by atoms with E-state index in [9.17, 15) is 12.3 Å². The molecule has 0 radical (unpaired) electrons. The minimum absolute atomic E-state index is 0.135. The maximum absolute atomic E-state index is 12.1. The number of hydrogen-bond acceptors (Lipinski definition) is 3. The molecule has 0 aliphatic carbocycles. The lowest BCUT2D eigenvalue weighted by Gasteiger charge is -1.93. The molecule has 0 fully saturated rings. The number of halogens is 2. The third kappa shape index (κ3) is 2.18. The van der Waals surface area contributed by atoms with Gasteiger partial charge in [-0.25, -0.2) is 0 Å². The van der Waals surface area contributed by atoms with Crippen molar-refractivity contribution in [2.45, 2.75) is 5.75 Å². The van der Waals surface area contributed by atoms with Crippen molar-refractivity contribution in [2.24, 2.45) is 7.05 Å². The highest BCUT2D eigenvalue weighted by Gasteiger charge is 2.14. The summed E-state index contributed by atoms with van der Waals surface area (Å²) < 4.78 is 33.8. The Kier molecular flexibility index (Phi) is 2.39. The first-order chi connectivity index (χ1) is 5.40. The first kappa shape index (κ1) is 9.47. The summed E-state index contributed by atoms with van der Waals surface area (Å²) in [7, 11) is -2.99. The minimum Gasteiger partial charge on any atom is -0.257 e. The molecule has 0 aliphatic heterocycles. The Bertz CT molecular complexity index is 386. The molecule has 0 aromatic carbocycles. The van der Waals surface area contributed by atoms with Crippen LogP contribution in [-0.2, 0) is 23.0 Å². The normalized spacial score (nSPS) is 11.9. The molecule has 12 heavy (non-hydrogen) atoms. The van der Waals surface area contributed by atoms with Gasteiger partial charge in [0.15, 0.2) is 0 Å². The summed E-state index contributed by atoms with van der Waals surface area (Å²) in [5.41, 5.74) is 0.168. The monoisotopic (exact) mass is 212 g/mol. The molecule has 1 aromatic rings. The van der Waals surface area contributed by atoms with Crippen LogP contribution in [0.25, 0.3) is 0 Å². The number of nitrogens with zero attached hydrogens (tertiary/aromatic N) is 2. The van der Waals surface area contributed by atoms with Crippen molar-refractivity contribution in [2.75, 3.05) is 0 Å². The lowest BCUT2D eigenvalue weighted by molar-refractivity contribution is 0.551. The molecule has 4 nitrogen and oxygen atoms in total. The predicted molar refractivity (Wildman–Crippen MR) is 41.9 cm³/mol. The van der Waals surface area contributed by atoms with Gasteiger partial charge < -0.3 is 0 Å². The van der Waals surface area contributed by atoms with Crippen LogP contribution in [0.2, 0.25) is 5.15 Å². The molecule has 0 bridgehead atoms. The number of rotatable bonds is 2. The van der Waals surface area contributed by atoms with Crippen molar-refractivity contribution >= 4 is 21.8 Å². The van der Waals surface area contributed by atoms with Crippen LogP contribution in [0.3, 0.4) is 0 Å². The van der Waals surface area contributed by atoms with Crippen molar-refractivity contribution in [1.82, 2.24) is 9.78 Å². The van der Waals surface area contributed by atoms with Gasteiger partial charge in [0.25, 0.3) is 0 Å². The summed E-state index contributed by atoms with van der Waals surface area (Å²) in [6, 6.07) is 0. The second kappa shape index (κ2) is 3.02. The van der Waals surface area contributed by atoms with Crippen LogP contribution >= 0.6 is 11.6 Å². The molecule has 0 atom stereocenters. The number of hydrogen-bond donors (Lipinski definition) is 0. The van der Waals surface area contributed by atoms with Crippen molar-refractivity contribution in [3.05, 3.63) is 16.9 Å². The van der Waals surface area contributed by atoms with Crippen molar-refractivity contribution in [3.63, 3.8) is 0 Å². The van der Waals surface area contributed by atoms with Gasteiger partial charge in [0.1, 0.15) is 10.9 Å². The smallest absolute Gasteiger partial charge is 0.257 e. The van der Waals surface area contributed by atoms with Crippen molar-refractivity contribution in [3.8, 4) is 0 Å². The Morgan fingerprint density at radius 1 is 1.75 bits per heavy atom. The molecule has 0 spiro atoms. The molecule has 68 valence electrons. The van der Waals surface area contributed by atoms with Crippen LogP contribution in [0.4, 0.5) is 3.89 Å². The van der Waals surface area contributed by atoms with Gasteiger partial charge in [-0.05, 0) is 0 Å². The largest absolute Gasteiger partial charge is 0.306 e. The Morgan fingerprint density at radius 2 is 2.33 bits per heavy atom. The molecule has 0 unspecified atom stereocenters. The summed E-state index contributed by atoms with van der Waals surface area (Å²) in [6.45, 7) is 0. The number of aryl methyl sites for hydroxylation is 1. The van der Waals surface area contributed by atoms with Gasteiger partial charge in [-0.15, -0.1) is 3.89 Å². The van der Waals surface area contributed by atoms with E-state index in [0.717, 1.165) is 0 Å². The van der Waals surface area contributed by atoms with Gasteiger partial charge in [-0.2, -0.15) is 13.5 Å². The molecule has 7 heteroatoms. The van der Waals surface area contributed by atoms with E-state index in [4.69, 9.17) is 11.6 Å². The van der Waals surface area contributed by atoms with Crippen LogP contribution in [0, 0.1) is 0 Å². The third-order valence-electron chi connectivity index (χ3n) is 1.26. The topological polar surface area (TPSA) is 52.0 Å². The van der Waals surface area contributed by atoms with Gasteiger partial charge in [-0.3, -0.25) is 4.68 Å². The molecule has 1 aromatic heterocycles. The molecular weight excluding hydrogens is 207 g/mol. The Morgan fingerprint density at radius 3 is 2.67 bits per heavy atom. The van der Waals surface area contributed by atoms with Crippen LogP contribution in [0.1, 0.15) is 5.56 Å². The average Bonchev–Trinajstić information content (AvgIpc) is 2.16. The predicted octanol–water partition coefficient (Wildman–Crippen LogP) is 0.873. The molecule has 0 aliphatic rings. The zero-order chi connectivity index (χ0) is 9.35. The highest BCUT2D eigenvalue weighted by atomic mass is 35.5. The van der Waals surface area contributed by atoms with Gasteiger partial charge in [0, 0.05) is 12.6 Å². The number of aromatic nitrogens is 2. The van der Waals surface area contributed by atoms with E-state index in [1.54, 1.807) is 0 Å². The van der Waals surface area contributed by atoms with Gasteiger partial charge in [0.05, 0.1) is 6.20 Å². The van der Waals surface area contributed by atoms with E-state index in [1.165, 1.54) is 17.9 Å². The maximum atomic E-state index is 12.1. The first-order valence-electron chi connectivity index (χ1n) is 2.99. The molecule has 1 heterocycles. The fourth-order valence-corrected chi connectivity index (χ4v) is 1.57. The second-order valence-corrected chi connectivity index (χ2v) is 3.99. The van der Waals surface area contributed by atoms with Crippen molar-refractivity contribution < 1.29 is 12.3 Å². The summed E-state index contributed by atoms with van der Waals surface area (Å²) >= 11 is 5.58. The van der Waals surface area contributed by atoms with E-state index in [-0.39, 0.29) is 10.7 Å². The molecule has 0 N–H and O–H groups in total. The lowest BCUT2D eigenvalue weighted by atomic mass is 10.4. The van der Waals surface area contributed by atoms with Gasteiger partial charge in [0.2, 0.25) is 0 Å². The Labute approximate surface area is 74.2 Å². The van der Waals surface area contributed by atoms with Crippen LogP contribution in [0.15, 0.2) is 6.20 Å². The minimum atomic E-state index is -4.52. The summed E-state index contributed by atoms with van der Waals surface area (Å²) in [4.78, 5) is 0. The van der Waals surface area contributed by atoms with E-state index < -0.39 is 16.0 Å². The zero-order valence-electron chi connectivity index (χ0n) is 6.16. The summed E-state index contributed by atoms with van der Waals surface area (Å²) in [6.07, 6.45) is 1.22. The highest BCUT2D eigenvalue weighted by Crippen LogP contribution is 2.17. The van der Waals surface area contributed by atoms with Crippen molar-refractivity contribution in [1.29, 1.82) is 0 Å². The zero-order valence-corrected chi connectivity index (χ0v) is 7.73. The van der Waals surface area contributed by atoms with E-state index in [2.05, 4.69) is 5.10 Å². The highest BCUT2D eigenvalue weighted by molar-refractivity contribution is 7.85. The van der Waals surface area contributed by atoms with Crippen LogP contribution < -0.4 is 0 Å². The summed E-state index contributed by atoms with van der Waals surface area (Å²) in [5, 5.41) is 3.79. The van der Waals surface area contributed by atoms with Gasteiger partial charge >= 0.3 is 10.2 Å². The fraction of sp³-hybridized carbons (Fsp3) is 0.400. The molecule has 0 amide bonds. The maximum Gasteiger partial charge on any atom is 0.306 e.